The SMILES string of the molecule is COc1ccc(-c2n[nH]c3ncc(-c4ccc(NC(C)=O)cc4)cc23)cc1. The molecule has 0 spiro atoms. The first kappa shape index (κ1) is 16.8. The molecule has 0 fully saturated rings. The summed E-state index contributed by atoms with van der Waals surface area (Å²) in [5, 5.41) is 11.1. The zero-order chi connectivity index (χ0) is 18.8. The molecule has 134 valence electrons. The number of benzene rings is 2. The number of anilines is 1. The van der Waals surface area contributed by atoms with Crippen LogP contribution in [0.25, 0.3) is 33.4 Å². The van der Waals surface area contributed by atoms with Crippen LogP contribution in [0.1, 0.15) is 6.92 Å². The highest BCUT2D eigenvalue weighted by Gasteiger charge is 2.11. The van der Waals surface area contributed by atoms with Gasteiger partial charge in [0.1, 0.15) is 11.4 Å². The van der Waals surface area contributed by atoms with Gasteiger partial charge in [0.15, 0.2) is 5.65 Å². The predicted octanol–water partition coefficient (Wildman–Crippen LogP) is 4.26. The molecule has 0 aliphatic heterocycles. The minimum absolute atomic E-state index is 0.0895. The Bertz CT molecular complexity index is 1100. The number of carbonyl (C=O) groups is 1. The number of nitrogens with zero attached hydrogens (tertiary/aromatic N) is 2. The fourth-order valence-corrected chi connectivity index (χ4v) is 2.98. The number of rotatable bonds is 4. The second kappa shape index (κ2) is 6.92. The number of fused-ring (bicyclic) bond motifs is 1. The van der Waals surface area contributed by atoms with Gasteiger partial charge in [-0.1, -0.05) is 12.1 Å². The maximum atomic E-state index is 11.2. The van der Waals surface area contributed by atoms with Crippen LogP contribution in [0, 0.1) is 0 Å². The second-order valence-corrected chi connectivity index (χ2v) is 6.18. The smallest absolute Gasteiger partial charge is 0.221 e. The van der Waals surface area contributed by atoms with Crippen LogP contribution in [0.5, 0.6) is 5.75 Å². The van der Waals surface area contributed by atoms with E-state index in [0.717, 1.165) is 44.9 Å². The van der Waals surface area contributed by atoms with E-state index in [9.17, 15) is 4.79 Å². The fourth-order valence-electron chi connectivity index (χ4n) is 2.98. The van der Waals surface area contributed by atoms with Gasteiger partial charge in [0, 0.05) is 35.3 Å². The van der Waals surface area contributed by atoms with Gasteiger partial charge in [-0.25, -0.2) is 4.98 Å². The molecule has 2 N–H and O–H groups in total. The maximum absolute atomic E-state index is 11.2. The average Bonchev–Trinajstić information content (AvgIpc) is 3.11. The van der Waals surface area contributed by atoms with Crippen LogP contribution in [-0.4, -0.2) is 28.2 Å². The lowest BCUT2D eigenvalue weighted by Gasteiger charge is -2.06. The molecule has 0 aliphatic carbocycles. The van der Waals surface area contributed by atoms with Gasteiger partial charge in [0.05, 0.1) is 7.11 Å². The van der Waals surface area contributed by atoms with Crippen molar-refractivity contribution in [2.24, 2.45) is 0 Å². The summed E-state index contributed by atoms with van der Waals surface area (Å²) >= 11 is 0. The van der Waals surface area contributed by atoms with Crippen molar-refractivity contribution >= 4 is 22.6 Å². The molecule has 0 radical (unpaired) electrons. The Morgan fingerprint density at radius 3 is 2.37 bits per heavy atom. The molecule has 4 rings (SSSR count). The van der Waals surface area contributed by atoms with E-state index in [2.05, 4.69) is 26.6 Å². The number of aromatic nitrogens is 3. The molecular formula is C21H18N4O2. The standard InChI is InChI=1S/C21H18N4O2/c1-13(26)23-17-7-3-14(4-8-17)16-11-19-20(24-25-21(19)22-12-16)15-5-9-18(27-2)10-6-15/h3-12H,1-2H3,(H,23,26)(H,22,24,25). The highest BCUT2D eigenvalue weighted by Crippen LogP contribution is 2.30. The number of carbonyl (C=O) groups excluding carboxylic acids is 1. The topological polar surface area (TPSA) is 79.9 Å². The van der Waals surface area contributed by atoms with E-state index in [0.29, 0.717) is 0 Å². The molecule has 6 nitrogen and oxygen atoms in total. The van der Waals surface area contributed by atoms with E-state index in [1.54, 1.807) is 7.11 Å². The van der Waals surface area contributed by atoms with Gasteiger partial charge < -0.3 is 10.1 Å². The third-order valence-electron chi connectivity index (χ3n) is 4.32. The van der Waals surface area contributed by atoms with E-state index < -0.39 is 0 Å². The maximum Gasteiger partial charge on any atom is 0.221 e. The van der Waals surface area contributed by atoms with E-state index in [1.165, 1.54) is 6.92 Å². The van der Waals surface area contributed by atoms with Crippen LogP contribution < -0.4 is 10.1 Å². The number of ether oxygens (including phenoxy) is 1. The predicted molar refractivity (Wildman–Crippen MR) is 106 cm³/mol. The Morgan fingerprint density at radius 2 is 1.70 bits per heavy atom. The summed E-state index contributed by atoms with van der Waals surface area (Å²) in [5.74, 6) is 0.713. The largest absolute Gasteiger partial charge is 0.497 e. The molecule has 6 heteroatoms. The summed E-state index contributed by atoms with van der Waals surface area (Å²) in [4.78, 5) is 15.7. The average molecular weight is 358 g/mol. The Labute approximate surface area is 156 Å². The molecule has 2 aromatic carbocycles. The first-order valence-electron chi connectivity index (χ1n) is 8.50. The summed E-state index contributed by atoms with van der Waals surface area (Å²) in [6.45, 7) is 1.49. The van der Waals surface area contributed by atoms with Gasteiger partial charge in [0.2, 0.25) is 5.91 Å². The minimum atomic E-state index is -0.0895. The lowest BCUT2D eigenvalue weighted by molar-refractivity contribution is -0.114. The molecule has 0 atom stereocenters. The second-order valence-electron chi connectivity index (χ2n) is 6.18. The van der Waals surface area contributed by atoms with Crippen molar-refractivity contribution in [3.05, 3.63) is 60.8 Å². The lowest BCUT2D eigenvalue weighted by atomic mass is 10.0. The first-order chi connectivity index (χ1) is 13.1. The zero-order valence-corrected chi connectivity index (χ0v) is 15.0. The van der Waals surface area contributed by atoms with Gasteiger partial charge in [0.25, 0.3) is 0 Å². The summed E-state index contributed by atoms with van der Waals surface area (Å²) in [6, 6.07) is 17.5. The number of nitrogens with one attached hydrogen (secondary N) is 2. The van der Waals surface area contributed by atoms with Crippen LogP contribution in [-0.2, 0) is 4.79 Å². The van der Waals surface area contributed by atoms with Crippen molar-refractivity contribution in [3.8, 4) is 28.1 Å². The highest BCUT2D eigenvalue weighted by atomic mass is 16.5. The fraction of sp³-hybridized carbons (Fsp3) is 0.0952. The molecule has 2 heterocycles. The molecule has 0 saturated heterocycles. The molecule has 0 bridgehead atoms. The quantitative estimate of drug-likeness (QED) is 0.571. The van der Waals surface area contributed by atoms with Gasteiger partial charge in [-0.2, -0.15) is 5.10 Å². The van der Waals surface area contributed by atoms with E-state index in [-0.39, 0.29) is 5.91 Å². The highest BCUT2D eigenvalue weighted by molar-refractivity contribution is 5.93. The van der Waals surface area contributed by atoms with Gasteiger partial charge >= 0.3 is 0 Å². The number of pyridine rings is 1. The Balaban J connectivity index is 1.72. The normalized spacial score (nSPS) is 10.7. The number of hydrogen-bond donors (Lipinski definition) is 2. The van der Waals surface area contributed by atoms with Crippen molar-refractivity contribution in [1.82, 2.24) is 15.2 Å². The summed E-state index contributed by atoms with van der Waals surface area (Å²) in [6.07, 6.45) is 1.81. The Kier molecular flexibility index (Phi) is 4.30. The Hall–Kier alpha value is -3.67. The van der Waals surface area contributed by atoms with Crippen molar-refractivity contribution in [2.45, 2.75) is 6.92 Å². The van der Waals surface area contributed by atoms with Crippen LogP contribution in [0.4, 0.5) is 5.69 Å². The molecule has 4 aromatic rings. The summed E-state index contributed by atoms with van der Waals surface area (Å²) in [7, 11) is 1.65. The van der Waals surface area contributed by atoms with Gasteiger partial charge in [-0.05, 0) is 48.0 Å². The number of aromatic amines is 1. The third kappa shape index (κ3) is 3.37. The Morgan fingerprint density at radius 1 is 1.00 bits per heavy atom. The van der Waals surface area contributed by atoms with Crippen LogP contribution in [0.3, 0.4) is 0 Å². The van der Waals surface area contributed by atoms with E-state index in [1.807, 2.05) is 54.7 Å². The molecular weight excluding hydrogens is 340 g/mol. The van der Waals surface area contributed by atoms with Crippen molar-refractivity contribution in [2.75, 3.05) is 12.4 Å². The van der Waals surface area contributed by atoms with Crippen LogP contribution >= 0.6 is 0 Å². The summed E-state index contributed by atoms with van der Waals surface area (Å²) < 4.78 is 5.22. The summed E-state index contributed by atoms with van der Waals surface area (Å²) in [5.41, 5.74) is 5.33. The van der Waals surface area contributed by atoms with Crippen molar-refractivity contribution < 1.29 is 9.53 Å². The monoisotopic (exact) mass is 358 g/mol. The van der Waals surface area contributed by atoms with Crippen molar-refractivity contribution in [3.63, 3.8) is 0 Å². The lowest BCUT2D eigenvalue weighted by Crippen LogP contribution is -2.05. The molecule has 0 unspecified atom stereocenters. The number of hydrogen-bond acceptors (Lipinski definition) is 4. The molecule has 1 amide bonds. The third-order valence-corrected chi connectivity index (χ3v) is 4.32. The first-order valence-corrected chi connectivity index (χ1v) is 8.50. The van der Waals surface area contributed by atoms with E-state index >= 15 is 0 Å². The number of methoxy groups -OCH3 is 1. The van der Waals surface area contributed by atoms with Crippen LogP contribution in [0.15, 0.2) is 60.8 Å². The molecule has 27 heavy (non-hydrogen) atoms. The van der Waals surface area contributed by atoms with Gasteiger partial charge in [-0.15, -0.1) is 0 Å². The van der Waals surface area contributed by atoms with Crippen LogP contribution in [0.2, 0.25) is 0 Å². The van der Waals surface area contributed by atoms with Gasteiger partial charge in [-0.3, -0.25) is 9.89 Å². The minimum Gasteiger partial charge on any atom is -0.497 e. The molecule has 0 saturated carbocycles. The molecule has 2 aromatic heterocycles. The van der Waals surface area contributed by atoms with E-state index in [4.69, 9.17) is 4.74 Å². The van der Waals surface area contributed by atoms with Crippen molar-refractivity contribution in [1.29, 1.82) is 0 Å². The molecule has 0 aliphatic rings. The number of amides is 1. The zero-order valence-electron chi connectivity index (χ0n) is 15.0. The number of H-pyrrole nitrogens is 1.